The number of benzene rings is 1. The summed E-state index contributed by atoms with van der Waals surface area (Å²) < 4.78 is 4.64. The largest absolute Gasteiger partial charge is 0.469 e. The molecule has 126 valence electrons. The molecule has 2 rings (SSSR count). The second kappa shape index (κ2) is 8.67. The average Bonchev–Trinajstić information content (AvgIpc) is 2.61. The Balaban J connectivity index is 1.77. The molecule has 0 atom stereocenters. The number of rotatable bonds is 6. The Bertz CT molecular complexity index is 520. The zero-order valence-corrected chi connectivity index (χ0v) is 14.1. The quantitative estimate of drug-likeness (QED) is 0.753. The second-order valence-corrected chi connectivity index (χ2v) is 5.86. The minimum Gasteiger partial charge on any atom is -0.469 e. The van der Waals surface area contributed by atoms with E-state index in [4.69, 9.17) is 0 Å². The maximum absolute atomic E-state index is 12.5. The Morgan fingerprint density at radius 1 is 1.09 bits per heavy atom. The summed E-state index contributed by atoms with van der Waals surface area (Å²) in [6.45, 7) is 6.19. The summed E-state index contributed by atoms with van der Waals surface area (Å²) in [5, 5.41) is 0. The molecule has 5 heteroatoms. The first-order valence-corrected chi connectivity index (χ1v) is 8.31. The van der Waals surface area contributed by atoms with Crippen LogP contribution >= 0.6 is 0 Å². The van der Waals surface area contributed by atoms with Gasteiger partial charge in [0.15, 0.2) is 0 Å². The fourth-order valence-corrected chi connectivity index (χ4v) is 2.79. The molecule has 0 bridgehead atoms. The molecule has 1 heterocycles. The molecule has 0 aliphatic carbocycles. The number of nitrogens with zero attached hydrogens (tertiary/aromatic N) is 2. The molecule has 5 nitrogen and oxygen atoms in total. The number of hydrogen-bond donors (Lipinski definition) is 0. The summed E-state index contributed by atoms with van der Waals surface area (Å²) in [5.41, 5.74) is 2.01. The van der Waals surface area contributed by atoms with Gasteiger partial charge in [0, 0.05) is 38.2 Å². The Morgan fingerprint density at radius 3 is 2.30 bits per heavy atom. The first kappa shape index (κ1) is 17.5. The van der Waals surface area contributed by atoms with Gasteiger partial charge in [-0.05, 0) is 37.1 Å². The van der Waals surface area contributed by atoms with Gasteiger partial charge in [-0.25, -0.2) is 0 Å². The van der Waals surface area contributed by atoms with Crippen molar-refractivity contribution < 1.29 is 14.3 Å². The average molecular weight is 318 g/mol. The number of esters is 1. The monoisotopic (exact) mass is 318 g/mol. The normalized spacial score (nSPS) is 15.5. The fourth-order valence-electron chi connectivity index (χ4n) is 2.79. The lowest BCUT2D eigenvalue weighted by atomic mass is 10.1. The van der Waals surface area contributed by atoms with Crippen LogP contribution in [0.1, 0.15) is 35.7 Å². The van der Waals surface area contributed by atoms with Crippen molar-refractivity contribution in [2.75, 3.05) is 39.8 Å². The molecule has 1 aliphatic rings. The van der Waals surface area contributed by atoms with Crippen LogP contribution in [0, 0.1) is 0 Å². The van der Waals surface area contributed by atoms with Crippen molar-refractivity contribution in [3.05, 3.63) is 35.4 Å². The lowest BCUT2D eigenvalue weighted by molar-refractivity contribution is -0.140. The molecule has 1 fully saturated rings. The Hall–Kier alpha value is -1.88. The third-order valence-electron chi connectivity index (χ3n) is 4.35. The van der Waals surface area contributed by atoms with Crippen LogP contribution in [0.15, 0.2) is 24.3 Å². The highest BCUT2D eigenvalue weighted by Crippen LogP contribution is 2.11. The Morgan fingerprint density at radius 2 is 1.74 bits per heavy atom. The van der Waals surface area contributed by atoms with E-state index in [2.05, 4.69) is 16.6 Å². The molecular weight excluding hydrogens is 292 g/mol. The molecule has 0 saturated carbocycles. The van der Waals surface area contributed by atoms with E-state index in [1.807, 2.05) is 29.2 Å². The molecule has 23 heavy (non-hydrogen) atoms. The van der Waals surface area contributed by atoms with Gasteiger partial charge in [0.1, 0.15) is 0 Å². The van der Waals surface area contributed by atoms with E-state index >= 15 is 0 Å². The summed E-state index contributed by atoms with van der Waals surface area (Å²) in [7, 11) is 1.42. The summed E-state index contributed by atoms with van der Waals surface area (Å²) in [6.07, 6.45) is 2.25. The number of amides is 1. The summed E-state index contributed by atoms with van der Waals surface area (Å²) in [6, 6.07) is 7.89. The molecule has 0 unspecified atom stereocenters. The van der Waals surface area contributed by atoms with Gasteiger partial charge in [-0.1, -0.05) is 19.1 Å². The molecule has 1 amide bonds. The third kappa shape index (κ3) is 5.06. The van der Waals surface area contributed by atoms with Gasteiger partial charge in [0.2, 0.25) is 0 Å². The van der Waals surface area contributed by atoms with Crippen molar-refractivity contribution in [1.82, 2.24) is 9.80 Å². The number of hydrogen-bond acceptors (Lipinski definition) is 4. The van der Waals surface area contributed by atoms with E-state index in [0.717, 1.165) is 51.1 Å². The summed E-state index contributed by atoms with van der Waals surface area (Å²) in [5.74, 6) is -0.0452. The van der Waals surface area contributed by atoms with Gasteiger partial charge in [0.05, 0.1) is 7.11 Å². The summed E-state index contributed by atoms with van der Waals surface area (Å²) >= 11 is 0. The van der Waals surface area contributed by atoms with E-state index in [1.54, 1.807) is 0 Å². The highest BCUT2D eigenvalue weighted by molar-refractivity contribution is 5.94. The highest BCUT2D eigenvalue weighted by Gasteiger charge is 2.21. The van der Waals surface area contributed by atoms with Gasteiger partial charge < -0.3 is 9.64 Å². The maximum Gasteiger partial charge on any atom is 0.305 e. The Kier molecular flexibility index (Phi) is 6.59. The molecule has 1 aromatic carbocycles. The van der Waals surface area contributed by atoms with E-state index < -0.39 is 0 Å². The topological polar surface area (TPSA) is 49.9 Å². The van der Waals surface area contributed by atoms with Crippen LogP contribution < -0.4 is 0 Å². The van der Waals surface area contributed by atoms with Crippen molar-refractivity contribution >= 4 is 11.9 Å². The van der Waals surface area contributed by atoms with Crippen LogP contribution in [0.25, 0.3) is 0 Å². The smallest absolute Gasteiger partial charge is 0.305 e. The first-order chi connectivity index (χ1) is 11.1. The number of aryl methyl sites for hydroxylation is 1. The molecule has 0 N–H and O–H groups in total. The maximum atomic E-state index is 12.5. The SMILES string of the molecule is CCc1ccc(C(=O)N2CCN(CCCC(=O)OC)CC2)cc1. The van der Waals surface area contributed by atoms with Crippen molar-refractivity contribution in [1.29, 1.82) is 0 Å². The number of carbonyl (C=O) groups excluding carboxylic acids is 2. The molecular formula is C18H26N2O3. The van der Waals surface area contributed by atoms with Gasteiger partial charge in [-0.15, -0.1) is 0 Å². The molecule has 1 aliphatic heterocycles. The molecule has 1 saturated heterocycles. The van der Waals surface area contributed by atoms with Crippen LogP contribution in [0.4, 0.5) is 0 Å². The van der Waals surface area contributed by atoms with E-state index in [9.17, 15) is 9.59 Å². The number of ether oxygens (including phenoxy) is 1. The minimum atomic E-state index is -0.158. The zero-order chi connectivity index (χ0) is 16.7. The van der Waals surface area contributed by atoms with Crippen LogP contribution in [0.5, 0.6) is 0 Å². The van der Waals surface area contributed by atoms with Crippen LogP contribution in [0.2, 0.25) is 0 Å². The zero-order valence-electron chi connectivity index (χ0n) is 14.1. The van der Waals surface area contributed by atoms with Crippen molar-refractivity contribution in [3.8, 4) is 0 Å². The van der Waals surface area contributed by atoms with Crippen molar-refractivity contribution in [2.24, 2.45) is 0 Å². The minimum absolute atomic E-state index is 0.113. The lowest BCUT2D eigenvalue weighted by Crippen LogP contribution is -2.48. The van der Waals surface area contributed by atoms with Crippen molar-refractivity contribution in [2.45, 2.75) is 26.2 Å². The molecule has 0 aromatic heterocycles. The van der Waals surface area contributed by atoms with Crippen LogP contribution in [-0.2, 0) is 16.0 Å². The first-order valence-electron chi connectivity index (χ1n) is 8.31. The lowest BCUT2D eigenvalue weighted by Gasteiger charge is -2.34. The second-order valence-electron chi connectivity index (χ2n) is 5.86. The van der Waals surface area contributed by atoms with E-state index in [-0.39, 0.29) is 11.9 Å². The number of carbonyl (C=O) groups is 2. The van der Waals surface area contributed by atoms with Crippen LogP contribution in [-0.4, -0.2) is 61.5 Å². The number of methoxy groups -OCH3 is 1. The highest BCUT2D eigenvalue weighted by atomic mass is 16.5. The van der Waals surface area contributed by atoms with E-state index in [0.29, 0.717) is 6.42 Å². The Labute approximate surface area is 138 Å². The van der Waals surface area contributed by atoms with Gasteiger partial charge in [-0.2, -0.15) is 0 Å². The van der Waals surface area contributed by atoms with Gasteiger partial charge in [-0.3, -0.25) is 14.5 Å². The standard InChI is InChI=1S/C18H26N2O3/c1-3-15-6-8-16(9-7-15)18(22)20-13-11-19(12-14-20)10-4-5-17(21)23-2/h6-9H,3-5,10-14H2,1-2H3. The molecule has 0 radical (unpaired) electrons. The number of piperazine rings is 1. The predicted octanol–water partition coefficient (Wildman–Crippen LogP) is 1.96. The summed E-state index contributed by atoms with van der Waals surface area (Å²) in [4.78, 5) is 27.8. The molecule has 0 spiro atoms. The predicted molar refractivity (Wildman–Crippen MR) is 89.4 cm³/mol. The fraction of sp³-hybridized carbons (Fsp3) is 0.556. The van der Waals surface area contributed by atoms with Gasteiger partial charge in [0.25, 0.3) is 5.91 Å². The van der Waals surface area contributed by atoms with Gasteiger partial charge >= 0.3 is 5.97 Å². The molecule has 1 aromatic rings. The van der Waals surface area contributed by atoms with Crippen LogP contribution in [0.3, 0.4) is 0 Å². The van der Waals surface area contributed by atoms with E-state index in [1.165, 1.54) is 12.7 Å². The van der Waals surface area contributed by atoms with Crippen molar-refractivity contribution in [3.63, 3.8) is 0 Å². The third-order valence-corrected chi connectivity index (χ3v) is 4.35.